The van der Waals surface area contributed by atoms with Gasteiger partial charge in [0.05, 0.1) is 0 Å². The number of hydrogen-bond donors (Lipinski definition) is 0. The number of hydrogen-bond acceptors (Lipinski definition) is 6. The van der Waals surface area contributed by atoms with Gasteiger partial charge in [0.15, 0.2) is 0 Å². The zero-order valence-electron chi connectivity index (χ0n) is 39.0. The SMILES string of the molecule is CCCCCCCCCCCC(CCCCCCC)OC(=O)CCCN(CCCC(=O)OC(CCCCCCC)CCCCCCCCCCC)CCN(C)C. The topological polar surface area (TPSA) is 59.1 Å². The molecule has 0 saturated heterocycles. The number of unbranched alkanes of at least 4 members (excludes halogenated alkanes) is 24. The van der Waals surface area contributed by atoms with Crippen molar-refractivity contribution in [3.8, 4) is 0 Å². The molecule has 6 nitrogen and oxygen atoms in total. The Bertz CT molecular complexity index is 761. The number of likely N-dealkylation sites (N-methyl/N-ethyl adjacent to an activating group) is 1. The summed E-state index contributed by atoms with van der Waals surface area (Å²) < 4.78 is 12.3. The third kappa shape index (κ3) is 39.7. The van der Waals surface area contributed by atoms with Gasteiger partial charge in [-0.05, 0) is 91.4 Å². The lowest BCUT2D eigenvalue weighted by molar-refractivity contribution is -0.150. The summed E-state index contributed by atoms with van der Waals surface area (Å²) in [7, 11) is 4.22. The van der Waals surface area contributed by atoms with Gasteiger partial charge in [-0.25, -0.2) is 0 Å². The van der Waals surface area contributed by atoms with Gasteiger partial charge in [0, 0.05) is 25.9 Å². The third-order valence-corrected chi connectivity index (χ3v) is 11.7. The van der Waals surface area contributed by atoms with E-state index in [-0.39, 0.29) is 24.1 Å². The molecule has 0 spiro atoms. The average molecular weight is 793 g/mol. The summed E-state index contributed by atoms with van der Waals surface area (Å²) in [6, 6.07) is 0. The molecule has 0 heterocycles. The van der Waals surface area contributed by atoms with E-state index in [0.29, 0.717) is 12.8 Å². The van der Waals surface area contributed by atoms with Crippen LogP contribution in [-0.4, -0.2) is 74.2 Å². The van der Waals surface area contributed by atoms with Crippen LogP contribution in [-0.2, 0) is 19.1 Å². The Hall–Kier alpha value is -1.14. The first kappa shape index (κ1) is 54.9. The van der Waals surface area contributed by atoms with Crippen LogP contribution in [0.4, 0.5) is 0 Å². The summed E-state index contributed by atoms with van der Waals surface area (Å²) >= 11 is 0. The van der Waals surface area contributed by atoms with Crippen LogP contribution in [0.3, 0.4) is 0 Å². The van der Waals surface area contributed by atoms with Gasteiger partial charge in [0.1, 0.15) is 12.2 Å². The molecule has 0 N–H and O–H groups in total. The second-order valence-electron chi connectivity index (χ2n) is 17.7. The molecule has 334 valence electrons. The molecule has 56 heavy (non-hydrogen) atoms. The molecule has 2 atom stereocenters. The van der Waals surface area contributed by atoms with Crippen molar-refractivity contribution in [3.05, 3.63) is 0 Å². The summed E-state index contributed by atoms with van der Waals surface area (Å²) in [5, 5.41) is 0. The first-order valence-corrected chi connectivity index (χ1v) is 25.1. The Morgan fingerprint density at radius 1 is 0.357 bits per heavy atom. The molecule has 0 saturated carbocycles. The van der Waals surface area contributed by atoms with Crippen molar-refractivity contribution in [2.75, 3.05) is 40.3 Å². The normalized spacial score (nSPS) is 12.8. The quantitative estimate of drug-likeness (QED) is 0.0452. The number of esters is 2. The predicted octanol–water partition coefficient (Wildman–Crippen LogP) is 14.8. The molecular weight excluding hydrogens is 693 g/mol. The summed E-state index contributed by atoms with van der Waals surface area (Å²) in [5.74, 6) is -0.0494. The Morgan fingerprint density at radius 3 is 0.893 bits per heavy atom. The second kappa shape index (κ2) is 43.4. The predicted molar refractivity (Wildman–Crippen MR) is 244 cm³/mol. The maximum absolute atomic E-state index is 13.1. The Kier molecular flexibility index (Phi) is 42.6. The molecule has 0 rings (SSSR count). The van der Waals surface area contributed by atoms with Gasteiger partial charge in [-0.15, -0.1) is 0 Å². The van der Waals surface area contributed by atoms with Gasteiger partial charge in [0.2, 0.25) is 0 Å². The minimum atomic E-state index is -0.0247. The van der Waals surface area contributed by atoms with Crippen molar-refractivity contribution >= 4 is 11.9 Å². The van der Waals surface area contributed by atoms with E-state index in [1.165, 1.54) is 167 Å². The van der Waals surface area contributed by atoms with E-state index in [9.17, 15) is 9.59 Å². The monoisotopic (exact) mass is 793 g/mol. The molecule has 6 heteroatoms. The van der Waals surface area contributed by atoms with E-state index in [1.54, 1.807) is 0 Å². The number of ether oxygens (including phenoxy) is 2. The fourth-order valence-electron chi connectivity index (χ4n) is 7.90. The fourth-order valence-corrected chi connectivity index (χ4v) is 7.90. The van der Waals surface area contributed by atoms with Crippen LogP contribution in [0.15, 0.2) is 0 Å². The average Bonchev–Trinajstić information content (AvgIpc) is 3.17. The molecule has 2 unspecified atom stereocenters. The fraction of sp³-hybridized carbons (Fsp3) is 0.960. The van der Waals surface area contributed by atoms with Gasteiger partial charge in [-0.3, -0.25) is 9.59 Å². The zero-order chi connectivity index (χ0) is 41.2. The number of nitrogens with zero attached hydrogens (tertiary/aromatic N) is 2. The van der Waals surface area contributed by atoms with Crippen molar-refractivity contribution in [1.82, 2.24) is 9.80 Å². The van der Waals surface area contributed by atoms with Crippen LogP contribution < -0.4 is 0 Å². The van der Waals surface area contributed by atoms with Gasteiger partial charge in [-0.1, -0.05) is 182 Å². The molecule has 0 aromatic rings. The van der Waals surface area contributed by atoms with Crippen molar-refractivity contribution < 1.29 is 19.1 Å². The van der Waals surface area contributed by atoms with Crippen molar-refractivity contribution in [1.29, 1.82) is 0 Å². The van der Waals surface area contributed by atoms with E-state index in [2.05, 4.69) is 51.6 Å². The highest BCUT2D eigenvalue weighted by molar-refractivity contribution is 5.69. The number of carbonyl (C=O) groups is 2. The van der Waals surface area contributed by atoms with Crippen LogP contribution in [0.2, 0.25) is 0 Å². The van der Waals surface area contributed by atoms with Crippen LogP contribution in [0, 0.1) is 0 Å². The molecular formula is C50H100N2O4. The second-order valence-corrected chi connectivity index (χ2v) is 17.7. The lowest BCUT2D eigenvalue weighted by atomic mass is 10.0. The van der Waals surface area contributed by atoms with E-state index >= 15 is 0 Å². The van der Waals surface area contributed by atoms with Gasteiger partial charge in [-0.2, -0.15) is 0 Å². The van der Waals surface area contributed by atoms with Crippen LogP contribution in [0.5, 0.6) is 0 Å². The third-order valence-electron chi connectivity index (χ3n) is 11.7. The number of carbonyl (C=O) groups excluding carboxylic acids is 2. The first-order valence-electron chi connectivity index (χ1n) is 25.1. The first-order chi connectivity index (χ1) is 27.4. The van der Waals surface area contributed by atoms with E-state index in [0.717, 1.165) is 77.5 Å². The Labute approximate surface area is 351 Å². The van der Waals surface area contributed by atoms with Crippen LogP contribution >= 0.6 is 0 Å². The molecule has 0 aliphatic carbocycles. The molecule has 0 aliphatic heterocycles. The van der Waals surface area contributed by atoms with E-state index in [1.807, 2.05) is 0 Å². The summed E-state index contributed by atoms with van der Waals surface area (Å²) in [6.45, 7) is 12.7. The molecule has 0 fully saturated rings. The molecule has 0 aromatic heterocycles. The highest BCUT2D eigenvalue weighted by Crippen LogP contribution is 2.20. The lowest BCUT2D eigenvalue weighted by Crippen LogP contribution is -2.34. The maximum atomic E-state index is 13.1. The Morgan fingerprint density at radius 2 is 0.625 bits per heavy atom. The standard InChI is InChI=1S/C50H100N2O4/c1-7-11-15-19-21-23-25-29-33-39-47(37-31-27-17-13-9-3)55-49(53)41-35-43-52(46-45-51(5)6)44-36-42-50(54)56-48(38-32-28-18-14-10-4)40-34-30-26-24-22-20-16-12-8-2/h47-48H,7-46H2,1-6H3. The lowest BCUT2D eigenvalue weighted by Gasteiger charge is -2.24. The highest BCUT2D eigenvalue weighted by Gasteiger charge is 2.17. The van der Waals surface area contributed by atoms with Crippen molar-refractivity contribution in [3.63, 3.8) is 0 Å². The number of rotatable bonds is 45. The zero-order valence-corrected chi connectivity index (χ0v) is 39.0. The Balaban J connectivity index is 4.79. The van der Waals surface area contributed by atoms with Gasteiger partial charge < -0.3 is 19.3 Å². The van der Waals surface area contributed by atoms with E-state index in [4.69, 9.17) is 9.47 Å². The van der Waals surface area contributed by atoms with Crippen LogP contribution in [0.25, 0.3) is 0 Å². The molecule has 0 bridgehead atoms. The molecule has 0 amide bonds. The molecule has 0 aliphatic rings. The van der Waals surface area contributed by atoms with Gasteiger partial charge >= 0.3 is 11.9 Å². The maximum Gasteiger partial charge on any atom is 0.306 e. The molecule has 0 radical (unpaired) electrons. The summed E-state index contributed by atoms with van der Waals surface area (Å²) in [6.07, 6.45) is 43.0. The summed E-state index contributed by atoms with van der Waals surface area (Å²) in [5.41, 5.74) is 0. The van der Waals surface area contributed by atoms with E-state index < -0.39 is 0 Å². The molecule has 0 aromatic carbocycles. The minimum absolute atomic E-state index is 0.0247. The van der Waals surface area contributed by atoms with Crippen LogP contribution in [0.1, 0.15) is 259 Å². The minimum Gasteiger partial charge on any atom is -0.462 e. The largest absolute Gasteiger partial charge is 0.462 e. The van der Waals surface area contributed by atoms with Crippen molar-refractivity contribution in [2.45, 2.75) is 271 Å². The highest BCUT2D eigenvalue weighted by atomic mass is 16.5. The van der Waals surface area contributed by atoms with Gasteiger partial charge in [0.25, 0.3) is 0 Å². The smallest absolute Gasteiger partial charge is 0.306 e. The summed E-state index contributed by atoms with van der Waals surface area (Å²) in [4.78, 5) is 30.8. The van der Waals surface area contributed by atoms with Crippen molar-refractivity contribution in [2.24, 2.45) is 0 Å².